The number of carbonyl (C=O) groups excluding carboxylic acids is 2. The van der Waals surface area contributed by atoms with Gasteiger partial charge in [-0.2, -0.15) is 5.26 Å². The van der Waals surface area contributed by atoms with Gasteiger partial charge in [0, 0.05) is 36.9 Å². The Bertz CT molecular complexity index is 1040. The SMILES string of the molecule is N#Cc1c(NC(=O)CCC2=CCCO2)sc2c1CCN(C(=O)OCc1ccccn1)C2. The van der Waals surface area contributed by atoms with Crippen molar-refractivity contribution in [2.45, 2.75) is 38.8 Å². The van der Waals surface area contributed by atoms with Crippen LogP contribution in [0.3, 0.4) is 0 Å². The van der Waals surface area contributed by atoms with E-state index in [1.807, 2.05) is 12.1 Å². The lowest BCUT2D eigenvalue weighted by molar-refractivity contribution is -0.116. The van der Waals surface area contributed by atoms with Crippen molar-refractivity contribution in [2.75, 3.05) is 18.5 Å². The zero-order valence-electron chi connectivity index (χ0n) is 16.9. The summed E-state index contributed by atoms with van der Waals surface area (Å²) >= 11 is 1.35. The highest BCUT2D eigenvalue weighted by molar-refractivity contribution is 7.16. The second kappa shape index (κ2) is 9.62. The number of thiophene rings is 1. The molecule has 0 spiro atoms. The van der Waals surface area contributed by atoms with Crippen molar-refractivity contribution in [3.05, 3.63) is 57.9 Å². The molecule has 0 fully saturated rings. The van der Waals surface area contributed by atoms with E-state index >= 15 is 0 Å². The minimum atomic E-state index is -0.418. The topological polar surface area (TPSA) is 105 Å². The Morgan fingerprint density at radius 3 is 3.03 bits per heavy atom. The first-order valence-corrected chi connectivity index (χ1v) is 10.9. The lowest BCUT2D eigenvalue weighted by Gasteiger charge is -2.26. The van der Waals surface area contributed by atoms with Crippen LogP contribution < -0.4 is 5.32 Å². The third kappa shape index (κ3) is 5.03. The standard InChI is InChI=1S/C22H22N4O4S/c23-12-18-17-8-10-26(22(28)30-14-15-4-1-2-9-24-15)13-19(17)31-21(18)25-20(27)7-6-16-5-3-11-29-16/h1-2,4-5,9H,3,6-8,10-11,13-14H2,(H,25,27). The molecule has 2 amide bonds. The number of aromatic nitrogens is 1. The van der Waals surface area contributed by atoms with Crippen LogP contribution in [-0.2, 0) is 33.8 Å². The van der Waals surface area contributed by atoms with E-state index in [9.17, 15) is 14.9 Å². The molecule has 1 N–H and O–H groups in total. The predicted molar refractivity (Wildman–Crippen MR) is 114 cm³/mol. The molecular weight excluding hydrogens is 416 g/mol. The summed E-state index contributed by atoms with van der Waals surface area (Å²) in [7, 11) is 0. The molecule has 2 aliphatic heterocycles. The van der Waals surface area contributed by atoms with Crippen LogP contribution in [0, 0.1) is 11.3 Å². The number of fused-ring (bicyclic) bond motifs is 1. The molecule has 8 nitrogen and oxygen atoms in total. The Morgan fingerprint density at radius 1 is 1.39 bits per heavy atom. The summed E-state index contributed by atoms with van der Waals surface area (Å²) in [5.74, 6) is 0.694. The largest absolute Gasteiger partial charge is 0.498 e. The van der Waals surface area contributed by atoms with Gasteiger partial charge in [0.05, 0.1) is 30.2 Å². The summed E-state index contributed by atoms with van der Waals surface area (Å²) in [4.78, 5) is 31.5. The van der Waals surface area contributed by atoms with Crippen LogP contribution in [0.2, 0.25) is 0 Å². The number of hydrogen-bond acceptors (Lipinski definition) is 7. The van der Waals surface area contributed by atoms with Gasteiger partial charge in [0.25, 0.3) is 0 Å². The van der Waals surface area contributed by atoms with Gasteiger partial charge in [-0.25, -0.2) is 4.79 Å². The maximum Gasteiger partial charge on any atom is 0.410 e. The van der Waals surface area contributed by atoms with Gasteiger partial charge >= 0.3 is 6.09 Å². The lowest BCUT2D eigenvalue weighted by atomic mass is 10.0. The summed E-state index contributed by atoms with van der Waals surface area (Å²) < 4.78 is 10.8. The number of rotatable bonds is 6. The van der Waals surface area contributed by atoms with Crippen LogP contribution in [-0.4, -0.2) is 35.0 Å². The fourth-order valence-corrected chi connectivity index (χ4v) is 4.77. The second-order valence-corrected chi connectivity index (χ2v) is 8.33. The Hall–Kier alpha value is -3.38. The molecule has 0 aliphatic carbocycles. The van der Waals surface area contributed by atoms with Crippen molar-refractivity contribution in [1.82, 2.24) is 9.88 Å². The number of pyridine rings is 1. The summed E-state index contributed by atoms with van der Waals surface area (Å²) in [6.45, 7) is 1.59. The van der Waals surface area contributed by atoms with Gasteiger partial charge in [-0.05, 0) is 30.2 Å². The van der Waals surface area contributed by atoms with Crippen LogP contribution in [0.25, 0.3) is 0 Å². The average Bonchev–Trinajstić information content (AvgIpc) is 3.43. The minimum absolute atomic E-state index is 0.109. The van der Waals surface area contributed by atoms with Crippen molar-refractivity contribution in [2.24, 2.45) is 0 Å². The molecule has 160 valence electrons. The summed E-state index contributed by atoms with van der Waals surface area (Å²) in [5.41, 5.74) is 2.07. The van der Waals surface area contributed by atoms with Gasteiger partial charge in [0.15, 0.2) is 0 Å². The Kier molecular flexibility index (Phi) is 6.48. The number of nitriles is 1. The van der Waals surface area contributed by atoms with Gasteiger partial charge in [-0.3, -0.25) is 9.78 Å². The number of ether oxygens (including phenoxy) is 2. The normalized spacial score (nSPS) is 14.8. The molecule has 2 aliphatic rings. The van der Waals surface area contributed by atoms with Gasteiger partial charge < -0.3 is 19.7 Å². The van der Waals surface area contributed by atoms with E-state index in [0.29, 0.717) is 55.2 Å². The van der Waals surface area contributed by atoms with Crippen LogP contribution in [0.5, 0.6) is 0 Å². The number of anilines is 1. The molecule has 0 radical (unpaired) electrons. The zero-order valence-corrected chi connectivity index (χ0v) is 17.7. The number of carbonyl (C=O) groups is 2. The van der Waals surface area contributed by atoms with Crippen molar-refractivity contribution in [3.8, 4) is 6.07 Å². The van der Waals surface area contributed by atoms with Gasteiger partial charge in [-0.1, -0.05) is 6.07 Å². The van der Waals surface area contributed by atoms with Crippen molar-refractivity contribution in [3.63, 3.8) is 0 Å². The van der Waals surface area contributed by atoms with E-state index in [0.717, 1.165) is 22.6 Å². The molecule has 4 rings (SSSR count). The molecule has 0 atom stereocenters. The van der Waals surface area contributed by atoms with Crippen molar-refractivity contribution in [1.29, 1.82) is 5.26 Å². The molecule has 0 bridgehead atoms. The molecular formula is C22H22N4O4S. The molecule has 2 aromatic heterocycles. The molecule has 0 saturated heterocycles. The van der Waals surface area contributed by atoms with Gasteiger partial charge in [0.1, 0.15) is 17.7 Å². The lowest BCUT2D eigenvalue weighted by Crippen LogP contribution is -2.35. The monoisotopic (exact) mass is 438 g/mol. The van der Waals surface area contributed by atoms with Crippen LogP contribution in [0.1, 0.15) is 41.0 Å². The predicted octanol–water partition coefficient (Wildman–Crippen LogP) is 3.73. The summed E-state index contributed by atoms with van der Waals surface area (Å²) in [5, 5.41) is 13.0. The number of amides is 2. The van der Waals surface area contributed by atoms with E-state index in [-0.39, 0.29) is 12.5 Å². The molecule has 0 unspecified atom stereocenters. The number of nitrogens with one attached hydrogen (secondary N) is 1. The van der Waals surface area contributed by atoms with Crippen molar-refractivity contribution >= 4 is 28.3 Å². The molecule has 9 heteroatoms. The maximum atomic E-state index is 12.5. The third-order valence-corrected chi connectivity index (χ3v) is 6.26. The maximum absolute atomic E-state index is 12.5. The number of nitrogens with zero attached hydrogens (tertiary/aromatic N) is 3. The quantitative estimate of drug-likeness (QED) is 0.737. The third-order valence-electron chi connectivity index (χ3n) is 5.13. The molecule has 31 heavy (non-hydrogen) atoms. The van der Waals surface area contributed by atoms with Gasteiger partial charge in [0.2, 0.25) is 5.91 Å². The second-order valence-electron chi connectivity index (χ2n) is 7.22. The van der Waals surface area contributed by atoms with Crippen LogP contribution >= 0.6 is 11.3 Å². The average molecular weight is 439 g/mol. The molecule has 2 aromatic rings. The number of hydrogen-bond donors (Lipinski definition) is 1. The van der Waals surface area contributed by atoms with Crippen LogP contribution in [0.4, 0.5) is 9.80 Å². The Balaban J connectivity index is 1.36. The summed E-state index contributed by atoms with van der Waals surface area (Å²) in [6, 6.07) is 7.65. The Morgan fingerprint density at radius 2 is 2.29 bits per heavy atom. The zero-order chi connectivity index (χ0) is 21.6. The smallest absolute Gasteiger partial charge is 0.410 e. The van der Waals surface area contributed by atoms with E-state index in [2.05, 4.69) is 16.4 Å². The molecule has 0 saturated carbocycles. The van der Waals surface area contributed by atoms with E-state index in [1.54, 1.807) is 23.2 Å². The Labute approximate surface area is 184 Å². The molecule has 0 aromatic carbocycles. The first-order chi connectivity index (χ1) is 15.1. The highest BCUT2D eigenvalue weighted by Crippen LogP contribution is 2.37. The van der Waals surface area contributed by atoms with E-state index in [4.69, 9.17) is 9.47 Å². The fraction of sp³-hybridized carbons (Fsp3) is 0.364. The van der Waals surface area contributed by atoms with Crippen molar-refractivity contribution < 1.29 is 19.1 Å². The minimum Gasteiger partial charge on any atom is -0.498 e. The van der Waals surface area contributed by atoms with Gasteiger partial charge in [-0.15, -0.1) is 11.3 Å². The first kappa shape index (κ1) is 20.9. The first-order valence-electron chi connectivity index (χ1n) is 10.1. The highest BCUT2D eigenvalue weighted by atomic mass is 32.1. The highest BCUT2D eigenvalue weighted by Gasteiger charge is 2.28. The van der Waals surface area contributed by atoms with E-state index in [1.165, 1.54) is 11.3 Å². The summed E-state index contributed by atoms with van der Waals surface area (Å²) in [6.07, 6.45) is 5.51. The van der Waals surface area contributed by atoms with E-state index < -0.39 is 6.09 Å². The molecule has 4 heterocycles. The fourth-order valence-electron chi connectivity index (χ4n) is 3.55. The number of allylic oxidation sites excluding steroid dienone is 1. The van der Waals surface area contributed by atoms with Crippen LogP contribution in [0.15, 0.2) is 36.2 Å².